The van der Waals surface area contributed by atoms with Crippen LogP contribution in [0.3, 0.4) is 0 Å². The Morgan fingerprint density at radius 1 is 1.44 bits per heavy atom. The van der Waals surface area contributed by atoms with Gasteiger partial charge in [0.1, 0.15) is 5.82 Å². The van der Waals surface area contributed by atoms with Crippen LogP contribution in [-0.4, -0.2) is 6.54 Å². The minimum atomic E-state index is -0.214. The van der Waals surface area contributed by atoms with Crippen LogP contribution in [0.4, 0.5) is 10.1 Å². The Morgan fingerprint density at radius 3 is 2.75 bits per heavy atom. The molecule has 0 unspecified atom stereocenters. The largest absolute Gasteiger partial charge is 0.399 e. The van der Waals surface area contributed by atoms with E-state index in [2.05, 4.69) is 12.2 Å². The molecule has 0 bridgehead atoms. The van der Waals surface area contributed by atoms with Crippen LogP contribution in [0.15, 0.2) is 18.2 Å². The number of nitrogens with one attached hydrogen (secondary N) is 1. The lowest BCUT2D eigenvalue weighted by molar-refractivity contribution is 0.440. The van der Waals surface area contributed by atoms with Gasteiger partial charge in [-0.2, -0.15) is 0 Å². The minimum Gasteiger partial charge on any atom is -0.399 e. The van der Waals surface area contributed by atoms with Crippen molar-refractivity contribution in [1.29, 1.82) is 0 Å². The highest BCUT2D eigenvalue weighted by Gasteiger charge is 2.39. The maximum absolute atomic E-state index is 13.4. The topological polar surface area (TPSA) is 38.0 Å². The lowest BCUT2D eigenvalue weighted by Gasteiger charge is -2.13. The van der Waals surface area contributed by atoms with Gasteiger partial charge in [0.15, 0.2) is 0 Å². The maximum Gasteiger partial charge on any atom is 0.129 e. The summed E-state index contributed by atoms with van der Waals surface area (Å²) in [5.41, 5.74) is 7.18. The van der Waals surface area contributed by atoms with Gasteiger partial charge < -0.3 is 11.1 Å². The summed E-state index contributed by atoms with van der Waals surface area (Å²) in [4.78, 5) is 0. The van der Waals surface area contributed by atoms with Crippen LogP contribution in [0.1, 0.15) is 31.7 Å². The van der Waals surface area contributed by atoms with Gasteiger partial charge in [0.25, 0.3) is 0 Å². The molecule has 3 heteroatoms. The molecule has 0 spiro atoms. The van der Waals surface area contributed by atoms with Crippen molar-refractivity contribution in [3.05, 3.63) is 29.6 Å². The molecule has 1 aliphatic carbocycles. The van der Waals surface area contributed by atoms with Gasteiger partial charge in [-0.15, -0.1) is 0 Å². The van der Waals surface area contributed by atoms with E-state index in [0.29, 0.717) is 23.2 Å². The second-order valence-electron chi connectivity index (χ2n) is 4.81. The third kappa shape index (κ3) is 2.53. The molecule has 0 heterocycles. The van der Waals surface area contributed by atoms with Crippen molar-refractivity contribution in [3.63, 3.8) is 0 Å². The first-order valence-electron chi connectivity index (χ1n) is 5.90. The van der Waals surface area contributed by atoms with Crippen LogP contribution in [0.25, 0.3) is 0 Å². The first kappa shape index (κ1) is 11.4. The van der Waals surface area contributed by atoms with Crippen LogP contribution in [0.5, 0.6) is 0 Å². The summed E-state index contributed by atoms with van der Waals surface area (Å²) < 4.78 is 13.4. The summed E-state index contributed by atoms with van der Waals surface area (Å²) in [7, 11) is 0. The Morgan fingerprint density at radius 2 is 2.19 bits per heavy atom. The predicted octanol–water partition coefficient (Wildman–Crippen LogP) is 2.69. The van der Waals surface area contributed by atoms with Gasteiger partial charge in [0.05, 0.1) is 0 Å². The van der Waals surface area contributed by atoms with Crippen molar-refractivity contribution in [2.75, 3.05) is 12.3 Å². The molecular weight excluding hydrogens is 203 g/mol. The fourth-order valence-corrected chi connectivity index (χ4v) is 2.00. The van der Waals surface area contributed by atoms with Crippen molar-refractivity contribution in [2.45, 2.75) is 32.7 Å². The zero-order chi connectivity index (χ0) is 11.6. The van der Waals surface area contributed by atoms with Crippen molar-refractivity contribution in [3.8, 4) is 0 Å². The average Bonchev–Trinajstić information content (AvgIpc) is 3.02. The van der Waals surface area contributed by atoms with Gasteiger partial charge in [-0.05, 0) is 36.8 Å². The third-order valence-electron chi connectivity index (χ3n) is 3.60. The summed E-state index contributed by atoms with van der Waals surface area (Å²) in [6.07, 6.45) is 3.83. The van der Waals surface area contributed by atoms with Gasteiger partial charge >= 0.3 is 0 Å². The van der Waals surface area contributed by atoms with E-state index < -0.39 is 0 Å². The van der Waals surface area contributed by atoms with E-state index in [9.17, 15) is 4.39 Å². The molecule has 1 aromatic rings. The molecule has 0 saturated heterocycles. The normalized spacial score (nSPS) is 17.4. The summed E-state index contributed by atoms with van der Waals surface area (Å²) in [5.74, 6) is -0.214. The average molecular weight is 222 g/mol. The van der Waals surface area contributed by atoms with Crippen LogP contribution >= 0.6 is 0 Å². The number of nitrogen functional groups attached to an aromatic ring is 1. The Bertz CT molecular complexity index is 372. The minimum absolute atomic E-state index is 0.214. The number of benzene rings is 1. The zero-order valence-electron chi connectivity index (χ0n) is 9.72. The van der Waals surface area contributed by atoms with E-state index in [1.54, 1.807) is 12.1 Å². The van der Waals surface area contributed by atoms with Gasteiger partial charge in [0.2, 0.25) is 0 Å². The second kappa shape index (κ2) is 4.42. The van der Waals surface area contributed by atoms with Crippen LogP contribution in [-0.2, 0) is 6.54 Å². The molecule has 1 saturated carbocycles. The molecule has 3 N–H and O–H groups in total. The molecule has 1 aliphatic rings. The number of nitrogens with two attached hydrogens (primary N) is 1. The molecule has 16 heavy (non-hydrogen) atoms. The monoisotopic (exact) mass is 222 g/mol. The molecule has 1 fully saturated rings. The van der Waals surface area contributed by atoms with Gasteiger partial charge in [-0.25, -0.2) is 4.39 Å². The molecule has 1 aromatic carbocycles. The fourth-order valence-electron chi connectivity index (χ4n) is 2.00. The van der Waals surface area contributed by atoms with Gasteiger partial charge in [-0.1, -0.05) is 13.0 Å². The molecule has 0 radical (unpaired) electrons. The summed E-state index contributed by atoms with van der Waals surface area (Å²) >= 11 is 0. The van der Waals surface area contributed by atoms with E-state index >= 15 is 0 Å². The van der Waals surface area contributed by atoms with E-state index in [1.807, 2.05) is 0 Å². The number of hydrogen-bond donors (Lipinski definition) is 2. The highest BCUT2D eigenvalue weighted by Crippen LogP contribution is 2.47. The predicted molar refractivity (Wildman–Crippen MR) is 64.5 cm³/mol. The first-order valence-corrected chi connectivity index (χ1v) is 5.90. The van der Waals surface area contributed by atoms with Crippen LogP contribution in [0.2, 0.25) is 0 Å². The van der Waals surface area contributed by atoms with Crippen molar-refractivity contribution in [2.24, 2.45) is 5.41 Å². The molecule has 0 aromatic heterocycles. The van der Waals surface area contributed by atoms with Crippen molar-refractivity contribution < 1.29 is 4.39 Å². The number of hydrogen-bond acceptors (Lipinski definition) is 2. The number of anilines is 1. The van der Waals surface area contributed by atoms with E-state index in [1.165, 1.54) is 25.3 Å². The van der Waals surface area contributed by atoms with E-state index in [4.69, 9.17) is 5.73 Å². The number of rotatable bonds is 5. The Kier molecular flexibility index (Phi) is 3.15. The highest BCUT2D eigenvalue weighted by molar-refractivity contribution is 5.40. The lowest BCUT2D eigenvalue weighted by atomic mass is 10.0. The third-order valence-corrected chi connectivity index (χ3v) is 3.60. The molecule has 0 atom stereocenters. The van der Waals surface area contributed by atoms with Gasteiger partial charge in [-0.3, -0.25) is 0 Å². The first-order chi connectivity index (χ1) is 7.65. The summed E-state index contributed by atoms with van der Waals surface area (Å²) in [5, 5.41) is 3.33. The van der Waals surface area contributed by atoms with E-state index in [0.717, 1.165) is 6.54 Å². The standard InChI is InChI=1S/C13H19FN2/c1-2-13(5-6-13)9-16-8-10-3-4-11(15)7-12(10)14/h3-4,7,16H,2,5-6,8-9,15H2,1H3. The Hall–Kier alpha value is -1.09. The van der Waals surface area contributed by atoms with Crippen molar-refractivity contribution in [1.82, 2.24) is 5.32 Å². The quantitative estimate of drug-likeness (QED) is 0.752. The second-order valence-corrected chi connectivity index (χ2v) is 4.81. The van der Waals surface area contributed by atoms with Crippen molar-refractivity contribution >= 4 is 5.69 Å². The molecule has 88 valence electrons. The molecule has 0 amide bonds. The maximum atomic E-state index is 13.4. The molecule has 2 rings (SSSR count). The lowest BCUT2D eigenvalue weighted by Crippen LogP contribution is -2.23. The summed E-state index contributed by atoms with van der Waals surface area (Å²) in [6.45, 7) is 3.81. The zero-order valence-corrected chi connectivity index (χ0v) is 9.72. The Labute approximate surface area is 96.0 Å². The smallest absolute Gasteiger partial charge is 0.129 e. The molecular formula is C13H19FN2. The SMILES string of the molecule is CCC1(CNCc2ccc(N)cc2F)CC1. The fraction of sp³-hybridized carbons (Fsp3) is 0.538. The summed E-state index contributed by atoms with van der Waals surface area (Å²) in [6, 6.07) is 4.87. The van der Waals surface area contributed by atoms with E-state index in [-0.39, 0.29) is 5.82 Å². The molecule has 0 aliphatic heterocycles. The molecule has 2 nitrogen and oxygen atoms in total. The van der Waals surface area contributed by atoms with Crippen LogP contribution < -0.4 is 11.1 Å². The Balaban J connectivity index is 1.85. The van der Waals surface area contributed by atoms with Gasteiger partial charge in [0, 0.05) is 24.3 Å². The van der Waals surface area contributed by atoms with Crippen LogP contribution in [0, 0.1) is 11.2 Å². The number of halogens is 1. The highest BCUT2D eigenvalue weighted by atomic mass is 19.1.